The van der Waals surface area contributed by atoms with Crippen molar-refractivity contribution in [3.63, 3.8) is 0 Å². The van der Waals surface area contributed by atoms with E-state index in [1.165, 1.54) is 12.8 Å². The maximum absolute atomic E-state index is 12.3. The van der Waals surface area contributed by atoms with Crippen LogP contribution in [-0.2, 0) is 0 Å². The van der Waals surface area contributed by atoms with E-state index >= 15 is 0 Å². The average molecular weight is 281 g/mol. The summed E-state index contributed by atoms with van der Waals surface area (Å²) in [4.78, 5) is 16.4. The van der Waals surface area contributed by atoms with Gasteiger partial charge in [0.05, 0.1) is 0 Å². The molecule has 1 N–H and O–H groups in total. The molecule has 3 nitrogen and oxygen atoms in total. The molecule has 0 spiro atoms. The monoisotopic (exact) mass is 280 g/mol. The van der Waals surface area contributed by atoms with Crippen molar-refractivity contribution >= 4 is 17.5 Å². The van der Waals surface area contributed by atoms with Crippen LogP contribution in [0.4, 0.5) is 0 Å². The zero-order chi connectivity index (χ0) is 14.0. The molecule has 1 aliphatic rings. The fourth-order valence-electron chi connectivity index (χ4n) is 2.76. The van der Waals surface area contributed by atoms with Gasteiger partial charge in [-0.2, -0.15) is 0 Å². The van der Waals surface area contributed by atoms with Gasteiger partial charge in [-0.15, -0.1) is 0 Å². The molecule has 0 aromatic carbocycles. The lowest BCUT2D eigenvalue weighted by molar-refractivity contribution is 0.0853. The van der Waals surface area contributed by atoms with Gasteiger partial charge in [-0.05, 0) is 37.3 Å². The van der Waals surface area contributed by atoms with E-state index in [-0.39, 0.29) is 17.4 Å². The molecule has 1 saturated carbocycles. The van der Waals surface area contributed by atoms with Crippen molar-refractivity contribution < 1.29 is 4.79 Å². The Hall–Kier alpha value is -1.09. The number of aromatic nitrogens is 1. The fourth-order valence-corrected chi connectivity index (χ4v) is 3.01. The van der Waals surface area contributed by atoms with Gasteiger partial charge in [0.15, 0.2) is 0 Å². The zero-order valence-electron chi connectivity index (χ0n) is 11.8. The van der Waals surface area contributed by atoms with Crippen LogP contribution in [0.1, 0.15) is 55.6 Å². The topological polar surface area (TPSA) is 42.0 Å². The summed E-state index contributed by atoms with van der Waals surface area (Å²) in [5, 5.41) is 3.52. The van der Waals surface area contributed by atoms with E-state index in [0.29, 0.717) is 10.7 Å². The minimum atomic E-state index is -0.0487. The third-order valence-electron chi connectivity index (χ3n) is 4.00. The summed E-state index contributed by atoms with van der Waals surface area (Å²) in [6, 6.07) is 3.64. The van der Waals surface area contributed by atoms with Crippen molar-refractivity contribution in [1.82, 2.24) is 10.3 Å². The van der Waals surface area contributed by atoms with Crippen LogP contribution in [-0.4, -0.2) is 16.9 Å². The van der Waals surface area contributed by atoms with Crippen molar-refractivity contribution in [2.75, 3.05) is 0 Å². The van der Waals surface area contributed by atoms with Gasteiger partial charge in [0.1, 0.15) is 5.15 Å². The molecule has 1 fully saturated rings. The first-order chi connectivity index (χ1) is 8.88. The molecule has 19 heavy (non-hydrogen) atoms. The highest BCUT2D eigenvalue weighted by Gasteiger charge is 2.33. The summed E-state index contributed by atoms with van der Waals surface area (Å²) >= 11 is 5.90. The van der Waals surface area contributed by atoms with Crippen molar-refractivity contribution in [2.45, 2.75) is 52.5 Å². The highest BCUT2D eigenvalue weighted by Crippen LogP contribution is 2.35. The molecule has 0 radical (unpaired) electrons. The molecule has 2 rings (SSSR count). The number of nitrogens with zero attached hydrogens (tertiary/aromatic N) is 1. The van der Waals surface area contributed by atoms with Crippen molar-refractivity contribution in [2.24, 2.45) is 5.41 Å². The van der Waals surface area contributed by atoms with Crippen LogP contribution in [0.15, 0.2) is 12.1 Å². The van der Waals surface area contributed by atoms with Crippen molar-refractivity contribution in [3.05, 3.63) is 28.5 Å². The average Bonchev–Trinajstić information content (AvgIpc) is 2.30. The van der Waals surface area contributed by atoms with Gasteiger partial charge in [-0.25, -0.2) is 4.98 Å². The van der Waals surface area contributed by atoms with Gasteiger partial charge in [0.2, 0.25) is 0 Å². The minimum Gasteiger partial charge on any atom is -0.349 e. The predicted molar refractivity (Wildman–Crippen MR) is 77.5 cm³/mol. The lowest BCUT2D eigenvalue weighted by Gasteiger charge is -2.39. The van der Waals surface area contributed by atoms with Gasteiger partial charge >= 0.3 is 0 Å². The first-order valence-corrected chi connectivity index (χ1v) is 7.21. The number of hydrogen-bond acceptors (Lipinski definition) is 2. The second-order valence-corrected chi connectivity index (χ2v) is 6.47. The summed E-state index contributed by atoms with van der Waals surface area (Å²) < 4.78 is 0. The van der Waals surface area contributed by atoms with Crippen LogP contribution < -0.4 is 5.32 Å². The lowest BCUT2D eigenvalue weighted by atomic mass is 9.73. The Labute approximate surface area is 119 Å². The van der Waals surface area contributed by atoms with Crippen LogP contribution in [0.2, 0.25) is 5.15 Å². The number of nitrogens with one attached hydrogen (secondary N) is 1. The third-order valence-corrected chi connectivity index (χ3v) is 4.19. The van der Waals surface area contributed by atoms with Crippen LogP contribution in [0.25, 0.3) is 0 Å². The molecule has 1 amide bonds. The molecule has 1 unspecified atom stereocenters. The van der Waals surface area contributed by atoms with E-state index in [1.807, 2.05) is 6.92 Å². The fraction of sp³-hybridized carbons (Fsp3) is 0.600. The first kappa shape index (κ1) is 14.3. The second kappa shape index (κ2) is 5.49. The summed E-state index contributed by atoms with van der Waals surface area (Å²) in [6.45, 7) is 6.29. The number of hydrogen-bond donors (Lipinski definition) is 1. The SMILES string of the molecule is Cc1cc(C(=O)NC2CCCCC2(C)C)cc(Cl)n1. The molecule has 104 valence electrons. The number of halogens is 1. The Morgan fingerprint density at radius 1 is 1.42 bits per heavy atom. The number of aryl methyl sites for hydroxylation is 1. The molecule has 0 bridgehead atoms. The Balaban J connectivity index is 2.12. The quantitative estimate of drug-likeness (QED) is 0.839. The standard InChI is InChI=1S/C15H21ClN2O/c1-10-8-11(9-13(16)17-10)14(19)18-12-6-4-5-7-15(12,2)3/h8-9,12H,4-7H2,1-3H3,(H,18,19). The zero-order valence-corrected chi connectivity index (χ0v) is 12.5. The van der Waals surface area contributed by atoms with E-state index in [4.69, 9.17) is 11.6 Å². The van der Waals surface area contributed by atoms with Gasteiger partial charge < -0.3 is 5.32 Å². The van der Waals surface area contributed by atoms with Crippen LogP contribution in [0.5, 0.6) is 0 Å². The van der Waals surface area contributed by atoms with E-state index in [1.54, 1.807) is 12.1 Å². The van der Waals surface area contributed by atoms with Crippen molar-refractivity contribution in [3.8, 4) is 0 Å². The highest BCUT2D eigenvalue weighted by atomic mass is 35.5. The smallest absolute Gasteiger partial charge is 0.251 e. The molecule has 0 aliphatic heterocycles. The molecule has 1 atom stereocenters. The van der Waals surface area contributed by atoms with Crippen molar-refractivity contribution in [1.29, 1.82) is 0 Å². The van der Waals surface area contributed by atoms with Gasteiger partial charge in [0, 0.05) is 17.3 Å². The normalized spacial score (nSPS) is 22.0. The molecule has 4 heteroatoms. The minimum absolute atomic E-state index is 0.0487. The van der Waals surface area contributed by atoms with E-state index in [2.05, 4.69) is 24.1 Å². The van der Waals surface area contributed by atoms with Gasteiger partial charge in [-0.1, -0.05) is 38.3 Å². The predicted octanol–water partition coefficient (Wildman–Crippen LogP) is 3.74. The summed E-state index contributed by atoms with van der Waals surface area (Å²) in [5.74, 6) is -0.0487. The molecule has 1 aromatic rings. The van der Waals surface area contributed by atoms with Crippen LogP contribution in [0.3, 0.4) is 0 Å². The van der Waals surface area contributed by atoms with E-state index < -0.39 is 0 Å². The van der Waals surface area contributed by atoms with Gasteiger partial charge in [-0.3, -0.25) is 4.79 Å². The van der Waals surface area contributed by atoms with Crippen LogP contribution >= 0.6 is 11.6 Å². The van der Waals surface area contributed by atoms with Gasteiger partial charge in [0.25, 0.3) is 5.91 Å². The summed E-state index contributed by atoms with van der Waals surface area (Å²) in [5.41, 5.74) is 1.53. The molecule has 1 heterocycles. The number of carbonyl (C=O) groups is 1. The number of carbonyl (C=O) groups excluding carboxylic acids is 1. The molecule has 0 saturated heterocycles. The van der Waals surface area contributed by atoms with E-state index in [9.17, 15) is 4.79 Å². The molecular weight excluding hydrogens is 260 g/mol. The number of pyridine rings is 1. The molecule has 1 aromatic heterocycles. The first-order valence-electron chi connectivity index (χ1n) is 6.83. The second-order valence-electron chi connectivity index (χ2n) is 6.08. The van der Waals surface area contributed by atoms with E-state index in [0.717, 1.165) is 18.5 Å². The maximum atomic E-state index is 12.3. The molecule has 1 aliphatic carbocycles. The Morgan fingerprint density at radius 3 is 2.79 bits per heavy atom. The highest BCUT2D eigenvalue weighted by molar-refractivity contribution is 6.29. The van der Waals surface area contributed by atoms with Crippen LogP contribution in [0, 0.1) is 12.3 Å². The summed E-state index contributed by atoms with van der Waals surface area (Å²) in [6.07, 6.45) is 4.65. The molecular formula is C15H21ClN2O. The third kappa shape index (κ3) is 3.47. The summed E-state index contributed by atoms with van der Waals surface area (Å²) in [7, 11) is 0. The Kier molecular flexibility index (Phi) is 4.14. The Morgan fingerprint density at radius 2 is 2.16 bits per heavy atom. The number of amides is 1. The lowest BCUT2D eigenvalue weighted by Crippen LogP contribution is -2.46. The Bertz CT molecular complexity index is 465. The largest absolute Gasteiger partial charge is 0.349 e. The number of rotatable bonds is 2. The maximum Gasteiger partial charge on any atom is 0.251 e.